The molecule has 0 aromatic carbocycles. The van der Waals surface area contributed by atoms with E-state index < -0.39 is 15.6 Å². The van der Waals surface area contributed by atoms with Gasteiger partial charge in [0.25, 0.3) is 0 Å². The summed E-state index contributed by atoms with van der Waals surface area (Å²) in [6.45, 7) is 3.25. The standard InChI is InChI=1S/C12H21N3O3S/c1-9-11(10(2)15(3)13-9)19(17,18)14-12(8-16)6-4-5-7-12/h14,16H,4-8H2,1-3H3. The molecule has 7 heteroatoms. The molecule has 1 saturated carbocycles. The number of aliphatic hydroxyl groups is 1. The Bertz CT molecular complexity index is 571. The van der Waals surface area contributed by atoms with E-state index in [-0.39, 0.29) is 11.5 Å². The maximum absolute atomic E-state index is 12.5. The third-order valence-corrected chi connectivity index (χ3v) is 5.76. The molecule has 0 bridgehead atoms. The maximum Gasteiger partial charge on any atom is 0.244 e. The fourth-order valence-electron chi connectivity index (χ4n) is 2.82. The van der Waals surface area contributed by atoms with Gasteiger partial charge in [0.2, 0.25) is 10.0 Å². The minimum absolute atomic E-state index is 0.162. The second kappa shape index (κ2) is 4.88. The van der Waals surface area contributed by atoms with Crippen LogP contribution in [0.1, 0.15) is 37.1 Å². The molecule has 19 heavy (non-hydrogen) atoms. The molecule has 1 aliphatic rings. The van der Waals surface area contributed by atoms with Crippen molar-refractivity contribution in [3.05, 3.63) is 11.4 Å². The highest BCUT2D eigenvalue weighted by Gasteiger charge is 2.39. The number of aliphatic hydroxyl groups excluding tert-OH is 1. The Hall–Kier alpha value is -0.920. The van der Waals surface area contributed by atoms with Gasteiger partial charge in [0, 0.05) is 7.05 Å². The lowest BCUT2D eigenvalue weighted by atomic mass is 10.0. The molecular formula is C12H21N3O3S. The minimum atomic E-state index is -3.65. The first-order valence-electron chi connectivity index (χ1n) is 6.46. The van der Waals surface area contributed by atoms with Gasteiger partial charge >= 0.3 is 0 Å². The predicted molar refractivity (Wildman–Crippen MR) is 71.3 cm³/mol. The molecule has 1 aromatic rings. The number of rotatable bonds is 4. The van der Waals surface area contributed by atoms with Gasteiger partial charge in [-0.1, -0.05) is 12.8 Å². The molecule has 2 N–H and O–H groups in total. The number of hydrogen-bond acceptors (Lipinski definition) is 4. The van der Waals surface area contributed by atoms with Crippen LogP contribution in [-0.2, 0) is 17.1 Å². The van der Waals surface area contributed by atoms with E-state index in [0.717, 1.165) is 12.8 Å². The zero-order valence-corrected chi connectivity index (χ0v) is 12.4. The van der Waals surface area contributed by atoms with Crippen molar-refractivity contribution in [3.63, 3.8) is 0 Å². The molecule has 0 radical (unpaired) electrons. The zero-order valence-electron chi connectivity index (χ0n) is 11.6. The summed E-state index contributed by atoms with van der Waals surface area (Å²) in [5, 5.41) is 13.7. The number of aryl methyl sites for hydroxylation is 2. The molecule has 0 atom stereocenters. The Balaban J connectivity index is 2.38. The molecule has 1 fully saturated rings. The van der Waals surface area contributed by atoms with Crippen molar-refractivity contribution < 1.29 is 13.5 Å². The summed E-state index contributed by atoms with van der Waals surface area (Å²) in [5.41, 5.74) is 0.391. The highest BCUT2D eigenvalue weighted by Crippen LogP contribution is 2.31. The normalized spacial score (nSPS) is 18.9. The SMILES string of the molecule is Cc1nn(C)c(C)c1S(=O)(=O)NC1(CO)CCCC1. The Kier molecular flexibility index (Phi) is 3.72. The summed E-state index contributed by atoms with van der Waals surface area (Å²) in [6.07, 6.45) is 3.24. The average molecular weight is 287 g/mol. The summed E-state index contributed by atoms with van der Waals surface area (Å²) in [6, 6.07) is 0. The number of hydrogen-bond donors (Lipinski definition) is 2. The lowest BCUT2D eigenvalue weighted by molar-refractivity contribution is 0.185. The van der Waals surface area contributed by atoms with Gasteiger partial charge in [-0.2, -0.15) is 5.10 Å². The smallest absolute Gasteiger partial charge is 0.244 e. The molecule has 0 unspecified atom stereocenters. The highest BCUT2D eigenvalue weighted by atomic mass is 32.2. The summed E-state index contributed by atoms with van der Waals surface area (Å²) >= 11 is 0. The van der Waals surface area contributed by atoms with E-state index in [1.807, 2.05) is 0 Å². The van der Waals surface area contributed by atoms with E-state index in [2.05, 4.69) is 9.82 Å². The van der Waals surface area contributed by atoms with Crippen molar-refractivity contribution in [2.45, 2.75) is 50.0 Å². The van der Waals surface area contributed by atoms with Gasteiger partial charge in [-0.3, -0.25) is 4.68 Å². The number of nitrogens with one attached hydrogen (secondary N) is 1. The predicted octanol–water partition coefficient (Wildman–Crippen LogP) is 0.620. The summed E-state index contributed by atoms with van der Waals surface area (Å²) < 4.78 is 29.3. The quantitative estimate of drug-likeness (QED) is 0.850. The number of sulfonamides is 1. The van der Waals surface area contributed by atoms with Crippen LogP contribution in [-0.4, -0.2) is 35.5 Å². The van der Waals surface area contributed by atoms with Crippen LogP contribution in [0.15, 0.2) is 4.90 Å². The van der Waals surface area contributed by atoms with Gasteiger partial charge < -0.3 is 5.11 Å². The van der Waals surface area contributed by atoms with E-state index in [1.54, 1.807) is 25.6 Å². The molecule has 0 aliphatic heterocycles. The molecule has 1 aliphatic carbocycles. The lowest BCUT2D eigenvalue weighted by Crippen LogP contribution is -2.49. The summed E-state index contributed by atoms with van der Waals surface area (Å²) in [7, 11) is -1.93. The topological polar surface area (TPSA) is 84.2 Å². The first-order valence-corrected chi connectivity index (χ1v) is 7.95. The lowest BCUT2D eigenvalue weighted by Gasteiger charge is -2.27. The van der Waals surface area contributed by atoms with Crippen LogP contribution < -0.4 is 4.72 Å². The van der Waals surface area contributed by atoms with Gasteiger partial charge in [-0.05, 0) is 26.7 Å². The van der Waals surface area contributed by atoms with Crippen LogP contribution in [0.5, 0.6) is 0 Å². The largest absolute Gasteiger partial charge is 0.394 e. The first kappa shape index (κ1) is 14.5. The van der Waals surface area contributed by atoms with Crippen LogP contribution in [0.4, 0.5) is 0 Å². The first-order chi connectivity index (χ1) is 8.81. The zero-order chi connectivity index (χ0) is 14.3. The van der Waals surface area contributed by atoms with E-state index in [4.69, 9.17) is 0 Å². The highest BCUT2D eigenvalue weighted by molar-refractivity contribution is 7.89. The second-order valence-electron chi connectivity index (χ2n) is 5.37. The van der Waals surface area contributed by atoms with E-state index in [9.17, 15) is 13.5 Å². The van der Waals surface area contributed by atoms with Crippen LogP contribution in [0.3, 0.4) is 0 Å². The number of nitrogens with zero attached hydrogens (tertiary/aromatic N) is 2. The third-order valence-electron chi connectivity index (χ3n) is 3.93. The fourth-order valence-corrected chi connectivity index (χ4v) is 4.71. The molecular weight excluding hydrogens is 266 g/mol. The molecule has 6 nitrogen and oxygen atoms in total. The molecule has 0 saturated heterocycles. The minimum Gasteiger partial charge on any atom is -0.394 e. The Morgan fingerprint density at radius 3 is 2.37 bits per heavy atom. The average Bonchev–Trinajstić information content (AvgIpc) is 2.85. The number of aromatic nitrogens is 2. The van der Waals surface area contributed by atoms with Crippen molar-refractivity contribution in [2.24, 2.45) is 7.05 Å². The molecule has 0 spiro atoms. The third kappa shape index (κ3) is 2.54. The Morgan fingerprint density at radius 2 is 1.95 bits per heavy atom. The second-order valence-corrected chi connectivity index (χ2v) is 6.99. The van der Waals surface area contributed by atoms with Gasteiger partial charge in [0.05, 0.1) is 23.5 Å². The van der Waals surface area contributed by atoms with Gasteiger partial charge in [0.15, 0.2) is 0 Å². The van der Waals surface area contributed by atoms with Crippen molar-refractivity contribution in [2.75, 3.05) is 6.61 Å². The molecule has 0 amide bonds. The Morgan fingerprint density at radius 1 is 1.37 bits per heavy atom. The molecule has 108 valence electrons. The van der Waals surface area contributed by atoms with Gasteiger partial charge in [-0.15, -0.1) is 0 Å². The Labute approximate surface area is 113 Å². The molecule has 1 aromatic heterocycles. The monoisotopic (exact) mass is 287 g/mol. The molecule has 2 rings (SSSR count). The maximum atomic E-state index is 12.5. The van der Waals surface area contributed by atoms with Gasteiger partial charge in [-0.25, -0.2) is 13.1 Å². The van der Waals surface area contributed by atoms with E-state index >= 15 is 0 Å². The van der Waals surface area contributed by atoms with E-state index in [1.165, 1.54) is 0 Å². The van der Waals surface area contributed by atoms with E-state index in [0.29, 0.717) is 24.2 Å². The summed E-state index contributed by atoms with van der Waals surface area (Å²) in [5.74, 6) is 0. The fraction of sp³-hybridized carbons (Fsp3) is 0.750. The van der Waals surface area contributed by atoms with Crippen LogP contribution in [0.25, 0.3) is 0 Å². The van der Waals surface area contributed by atoms with Crippen molar-refractivity contribution in [3.8, 4) is 0 Å². The van der Waals surface area contributed by atoms with Gasteiger partial charge in [0.1, 0.15) is 4.90 Å². The van der Waals surface area contributed by atoms with Crippen molar-refractivity contribution in [1.82, 2.24) is 14.5 Å². The van der Waals surface area contributed by atoms with Crippen LogP contribution >= 0.6 is 0 Å². The van der Waals surface area contributed by atoms with Crippen molar-refractivity contribution >= 4 is 10.0 Å². The summed E-state index contributed by atoms with van der Waals surface area (Å²) in [4.78, 5) is 0.231. The van der Waals surface area contributed by atoms with Crippen LogP contribution in [0, 0.1) is 13.8 Å². The van der Waals surface area contributed by atoms with Crippen molar-refractivity contribution in [1.29, 1.82) is 0 Å². The molecule has 1 heterocycles. The van der Waals surface area contributed by atoms with Crippen LogP contribution in [0.2, 0.25) is 0 Å².